The van der Waals surface area contributed by atoms with E-state index in [1.807, 2.05) is 18.2 Å². The topological polar surface area (TPSA) is 23.5 Å². The molecule has 0 saturated carbocycles. The molecule has 0 spiro atoms. The zero-order valence-electron chi connectivity index (χ0n) is 14.8. The van der Waals surface area contributed by atoms with Gasteiger partial charge in [-0.25, -0.2) is 0 Å². The highest BCUT2D eigenvalue weighted by Gasteiger charge is 2.26. The molecule has 0 bridgehead atoms. The molecule has 2 heteroatoms. The molecule has 0 saturated heterocycles. The molecule has 126 valence electrons. The van der Waals surface area contributed by atoms with Crippen LogP contribution in [0.3, 0.4) is 0 Å². The monoisotopic (exact) mass is 305 g/mol. The van der Waals surface area contributed by atoms with E-state index in [4.69, 9.17) is 0 Å². The van der Waals surface area contributed by atoms with Gasteiger partial charge in [0.05, 0.1) is 6.10 Å². The van der Waals surface area contributed by atoms with Crippen molar-refractivity contribution in [3.05, 3.63) is 35.9 Å². The molecule has 1 aromatic carbocycles. The smallest absolute Gasteiger partial charge is 0.0945 e. The van der Waals surface area contributed by atoms with Crippen LogP contribution in [0, 0.1) is 0 Å². The van der Waals surface area contributed by atoms with Gasteiger partial charge in [-0.15, -0.1) is 0 Å². The predicted molar refractivity (Wildman–Crippen MR) is 96.1 cm³/mol. The third kappa shape index (κ3) is 6.50. The van der Waals surface area contributed by atoms with Gasteiger partial charge >= 0.3 is 0 Å². The second-order valence-electron chi connectivity index (χ2n) is 6.31. The Morgan fingerprint density at radius 2 is 1.41 bits per heavy atom. The van der Waals surface area contributed by atoms with Crippen molar-refractivity contribution in [3.8, 4) is 0 Å². The lowest BCUT2D eigenvalue weighted by atomic mass is 9.95. The van der Waals surface area contributed by atoms with Crippen molar-refractivity contribution in [2.45, 2.75) is 77.9 Å². The van der Waals surface area contributed by atoms with Gasteiger partial charge in [0.25, 0.3) is 0 Å². The van der Waals surface area contributed by atoms with Crippen molar-refractivity contribution < 1.29 is 5.11 Å². The number of benzene rings is 1. The Kier molecular flexibility index (Phi) is 10.2. The van der Waals surface area contributed by atoms with Crippen LogP contribution >= 0.6 is 0 Å². The van der Waals surface area contributed by atoms with Crippen molar-refractivity contribution in [3.63, 3.8) is 0 Å². The molecule has 0 fully saturated rings. The Morgan fingerprint density at radius 3 is 1.91 bits per heavy atom. The maximum Gasteiger partial charge on any atom is 0.0945 e. The second kappa shape index (κ2) is 11.7. The maximum atomic E-state index is 10.9. The molecule has 2 atom stereocenters. The van der Waals surface area contributed by atoms with Gasteiger partial charge in [0.1, 0.15) is 0 Å². The fraction of sp³-hybridized carbons (Fsp3) is 0.700. The zero-order valence-corrected chi connectivity index (χ0v) is 14.8. The molecular formula is C20H35NO. The quantitative estimate of drug-likeness (QED) is 0.575. The maximum absolute atomic E-state index is 10.9. The SMILES string of the molecule is CCCC[C@@H]([C@@H](O)c1ccccc1)N(CCCC)CCCC. The summed E-state index contributed by atoms with van der Waals surface area (Å²) in [7, 11) is 0. The fourth-order valence-electron chi connectivity index (χ4n) is 2.99. The molecule has 1 N–H and O–H groups in total. The number of hydrogen-bond donors (Lipinski definition) is 1. The molecule has 0 heterocycles. The van der Waals surface area contributed by atoms with E-state index in [-0.39, 0.29) is 12.1 Å². The Hall–Kier alpha value is -0.860. The molecule has 0 aliphatic rings. The molecule has 0 amide bonds. The van der Waals surface area contributed by atoms with Crippen LogP contribution in [0.5, 0.6) is 0 Å². The highest BCUT2D eigenvalue weighted by molar-refractivity contribution is 5.19. The predicted octanol–water partition coefficient (Wildman–Crippen LogP) is 5.18. The first-order valence-corrected chi connectivity index (χ1v) is 9.21. The summed E-state index contributed by atoms with van der Waals surface area (Å²) in [6.45, 7) is 8.93. The summed E-state index contributed by atoms with van der Waals surface area (Å²) in [6, 6.07) is 10.4. The molecule has 22 heavy (non-hydrogen) atoms. The minimum atomic E-state index is -0.374. The van der Waals surface area contributed by atoms with Gasteiger partial charge in [-0.1, -0.05) is 76.8 Å². The number of nitrogens with zero attached hydrogens (tertiary/aromatic N) is 1. The van der Waals surface area contributed by atoms with E-state index in [9.17, 15) is 5.11 Å². The molecule has 0 aliphatic carbocycles. The summed E-state index contributed by atoms with van der Waals surface area (Å²) >= 11 is 0. The van der Waals surface area contributed by atoms with Gasteiger partial charge in [-0.05, 0) is 37.9 Å². The van der Waals surface area contributed by atoms with Crippen LogP contribution in [0.25, 0.3) is 0 Å². The first-order valence-electron chi connectivity index (χ1n) is 9.21. The summed E-state index contributed by atoms with van der Waals surface area (Å²) in [5.41, 5.74) is 1.06. The van der Waals surface area contributed by atoms with Gasteiger partial charge in [-0.2, -0.15) is 0 Å². The van der Waals surface area contributed by atoms with Crippen LogP contribution in [-0.2, 0) is 0 Å². The summed E-state index contributed by atoms with van der Waals surface area (Å²) in [6.07, 6.45) is 7.94. The molecule has 1 aromatic rings. The van der Waals surface area contributed by atoms with E-state index < -0.39 is 0 Å². The normalized spacial score (nSPS) is 14.2. The summed E-state index contributed by atoms with van der Waals surface area (Å²) in [4.78, 5) is 2.54. The van der Waals surface area contributed by atoms with E-state index in [1.54, 1.807) is 0 Å². The lowest BCUT2D eigenvalue weighted by Gasteiger charge is -2.35. The first kappa shape index (κ1) is 19.2. The minimum Gasteiger partial charge on any atom is -0.387 e. The average molecular weight is 306 g/mol. The number of unbranched alkanes of at least 4 members (excludes halogenated alkanes) is 3. The summed E-state index contributed by atoms with van der Waals surface area (Å²) in [5.74, 6) is 0. The van der Waals surface area contributed by atoms with E-state index in [1.165, 1.54) is 38.5 Å². The number of rotatable bonds is 12. The van der Waals surface area contributed by atoms with Gasteiger partial charge in [0.2, 0.25) is 0 Å². The molecule has 0 radical (unpaired) electrons. The molecule has 1 rings (SSSR count). The summed E-state index contributed by atoms with van der Waals surface area (Å²) in [5, 5.41) is 10.9. The van der Waals surface area contributed by atoms with Crippen LogP contribution in [-0.4, -0.2) is 29.1 Å². The van der Waals surface area contributed by atoms with Crippen LogP contribution in [0.1, 0.15) is 77.4 Å². The van der Waals surface area contributed by atoms with E-state index in [0.717, 1.165) is 25.1 Å². The fourth-order valence-corrected chi connectivity index (χ4v) is 2.99. The zero-order chi connectivity index (χ0) is 16.2. The van der Waals surface area contributed by atoms with Gasteiger partial charge in [0.15, 0.2) is 0 Å². The lowest BCUT2D eigenvalue weighted by molar-refractivity contribution is 0.0399. The Balaban J connectivity index is 2.85. The Bertz CT molecular complexity index is 357. The van der Waals surface area contributed by atoms with Crippen LogP contribution < -0.4 is 0 Å². The van der Waals surface area contributed by atoms with Crippen molar-refractivity contribution in [2.75, 3.05) is 13.1 Å². The lowest BCUT2D eigenvalue weighted by Crippen LogP contribution is -2.41. The van der Waals surface area contributed by atoms with E-state index >= 15 is 0 Å². The molecule has 2 nitrogen and oxygen atoms in total. The first-order chi connectivity index (χ1) is 10.7. The number of aliphatic hydroxyl groups excluding tert-OH is 1. The highest BCUT2D eigenvalue weighted by Crippen LogP contribution is 2.26. The van der Waals surface area contributed by atoms with Crippen LogP contribution in [0.2, 0.25) is 0 Å². The van der Waals surface area contributed by atoms with Gasteiger partial charge in [0, 0.05) is 6.04 Å². The van der Waals surface area contributed by atoms with Crippen molar-refractivity contribution >= 4 is 0 Å². The average Bonchev–Trinajstić information content (AvgIpc) is 2.57. The summed E-state index contributed by atoms with van der Waals surface area (Å²) < 4.78 is 0. The standard InChI is InChI=1S/C20H35NO/c1-4-7-15-19(20(22)18-13-11-10-12-14-18)21(16-8-5-2)17-9-6-3/h10-14,19-20,22H,4-9,15-17H2,1-3H3/t19-,20-/m0/s1. The van der Waals surface area contributed by atoms with Gasteiger partial charge in [-0.3, -0.25) is 4.90 Å². The molecule has 0 aliphatic heterocycles. The third-order valence-corrected chi connectivity index (χ3v) is 4.43. The largest absolute Gasteiger partial charge is 0.387 e. The van der Waals surface area contributed by atoms with Crippen molar-refractivity contribution in [1.82, 2.24) is 4.90 Å². The molecular weight excluding hydrogens is 270 g/mol. The van der Waals surface area contributed by atoms with Crippen molar-refractivity contribution in [1.29, 1.82) is 0 Å². The Labute approximate surface area is 137 Å². The third-order valence-electron chi connectivity index (χ3n) is 4.43. The molecule has 0 aromatic heterocycles. The van der Waals surface area contributed by atoms with Crippen molar-refractivity contribution in [2.24, 2.45) is 0 Å². The highest BCUT2D eigenvalue weighted by atomic mass is 16.3. The van der Waals surface area contributed by atoms with E-state index in [2.05, 4.69) is 37.8 Å². The Morgan fingerprint density at radius 1 is 0.864 bits per heavy atom. The number of aliphatic hydroxyl groups is 1. The minimum absolute atomic E-state index is 0.250. The second-order valence-corrected chi connectivity index (χ2v) is 6.31. The van der Waals surface area contributed by atoms with Gasteiger partial charge < -0.3 is 5.11 Å². The molecule has 0 unspecified atom stereocenters. The van der Waals surface area contributed by atoms with Crippen LogP contribution in [0.4, 0.5) is 0 Å². The number of hydrogen-bond acceptors (Lipinski definition) is 2. The van der Waals surface area contributed by atoms with Crippen LogP contribution in [0.15, 0.2) is 30.3 Å². The van der Waals surface area contributed by atoms with E-state index in [0.29, 0.717) is 0 Å².